The first-order valence-corrected chi connectivity index (χ1v) is 14.3. The van der Waals surface area contributed by atoms with Crippen molar-refractivity contribution in [2.45, 2.75) is 13.2 Å². The minimum Gasteiger partial charge on any atom is -0.489 e. The first-order valence-electron chi connectivity index (χ1n) is 12.5. The largest absolute Gasteiger partial charge is 0.489 e. The first-order chi connectivity index (χ1) is 19.0. The molecule has 0 aliphatic carbocycles. The highest BCUT2D eigenvalue weighted by Crippen LogP contribution is 2.30. The lowest BCUT2D eigenvalue weighted by atomic mass is 10.1. The van der Waals surface area contributed by atoms with Crippen LogP contribution in [0, 0.1) is 0 Å². The Morgan fingerprint density at radius 3 is 2.54 bits per heavy atom. The number of nitrogens with two attached hydrogens (primary N) is 1. The highest BCUT2D eigenvalue weighted by atomic mass is 32.2. The zero-order valence-electron chi connectivity index (χ0n) is 21.2. The van der Waals surface area contributed by atoms with E-state index in [-0.39, 0.29) is 11.6 Å². The van der Waals surface area contributed by atoms with E-state index in [4.69, 9.17) is 14.9 Å². The third kappa shape index (κ3) is 6.99. The van der Waals surface area contributed by atoms with Crippen LogP contribution in [0.15, 0.2) is 95.7 Å². The van der Waals surface area contributed by atoms with Crippen LogP contribution in [0.3, 0.4) is 0 Å². The molecule has 3 aromatic carbocycles. The summed E-state index contributed by atoms with van der Waals surface area (Å²) in [5.74, 6) is 2.49. The van der Waals surface area contributed by atoms with E-state index in [2.05, 4.69) is 20.6 Å². The van der Waals surface area contributed by atoms with Gasteiger partial charge in [0.25, 0.3) is 0 Å². The molecule has 0 spiro atoms. The molecule has 2 heterocycles. The van der Waals surface area contributed by atoms with E-state index < -0.39 is 9.84 Å². The van der Waals surface area contributed by atoms with Gasteiger partial charge in [0.05, 0.1) is 23.7 Å². The molecule has 2 aromatic heterocycles. The van der Waals surface area contributed by atoms with Gasteiger partial charge in [0.1, 0.15) is 36.0 Å². The van der Waals surface area contributed by atoms with Gasteiger partial charge < -0.3 is 25.5 Å². The molecule has 0 unspecified atom stereocenters. The summed E-state index contributed by atoms with van der Waals surface area (Å²) in [6.07, 6.45) is 1.53. The molecule has 0 saturated heterocycles. The van der Waals surface area contributed by atoms with Crippen molar-refractivity contribution in [1.82, 2.24) is 15.3 Å². The molecule has 0 atom stereocenters. The quantitative estimate of drug-likeness (QED) is 0.193. The van der Waals surface area contributed by atoms with Gasteiger partial charge in [0.2, 0.25) is 0 Å². The summed E-state index contributed by atoms with van der Waals surface area (Å²) in [6.45, 7) is 1.22. The molecule has 5 rings (SSSR count). The highest BCUT2D eigenvalue weighted by molar-refractivity contribution is 7.91. The summed E-state index contributed by atoms with van der Waals surface area (Å²) in [7, 11) is -3.21. The van der Waals surface area contributed by atoms with Gasteiger partial charge in [-0.3, -0.25) is 0 Å². The Bertz CT molecular complexity index is 1640. The maximum atomic E-state index is 11.5. The number of furan rings is 1. The average molecular weight is 544 g/mol. The van der Waals surface area contributed by atoms with Crippen molar-refractivity contribution in [3.8, 4) is 17.1 Å². The number of sulfone groups is 1. The number of aromatic nitrogens is 2. The van der Waals surface area contributed by atoms with Crippen LogP contribution in [0.1, 0.15) is 11.3 Å². The summed E-state index contributed by atoms with van der Waals surface area (Å²) in [4.78, 5) is 8.86. The van der Waals surface area contributed by atoms with Gasteiger partial charge in [0, 0.05) is 23.2 Å². The number of hydrogen-bond donors (Lipinski definition) is 3. The van der Waals surface area contributed by atoms with E-state index in [9.17, 15) is 8.42 Å². The van der Waals surface area contributed by atoms with Crippen molar-refractivity contribution in [3.05, 3.63) is 103 Å². The fourth-order valence-corrected chi connectivity index (χ4v) is 4.59. The van der Waals surface area contributed by atoms with Crippen LogP contribution in [0.5, 0.6) is 5.75 Å². The topological polar surface area (TPSA) is 132 Å². The van der Waals surface area contributed by atoms with Gasteiger partial charge in [-0.05, 0) is 60.2 Å². The fourth-order valence-electron chi connectivity index (χ4n) is 3.97. The zero-order chi connectivity index (χ0) is 27.1. The molecular formula is C29H29N5O4S. The molecule has 0 aliphatic heterocycles. The molecule has 0 radical (unpaired) electrons. The molecule has 0 bridgehead atoms. The Morgan fingerprint density at radius 1 is 0.923 bits per heavy atom. The summed E-state index contributed by atoms with van der Waals surface area (Å²) >= 11 is 0. The Kier molecular flexibility index (Phi) is 8.16. The van der Waals surface area contributed by atoms with Crippen molar-refractivity contribution in [2.75, 3.05) is 23.5 Å². The normalized spacial score (nSPS) is 11.5. The molecule has 0 fully saturated rings. The molecule has 39 heavy (non-hydrogen) atoms. The third-order valence-electron chi connectivity index (χ3n) is 6.09. The van der Waals surface area contributed by atoms with Crippen molar-refractivity contribution in [1.29, 1.82) is 0 Å². The van der Waals surface area contributed by atoms with Crippen LogP contribution in [0.25, 0.3) is 22.2 Å². The van der Waals surface area contributed by atoms with Crippen LogP contribution in [-0.4, -0.2) is 36.6 Å². The Morgan fingerprint density at radius 2 is 1.74 bits per heavy atom. The highest BCUT2D eigenvalue weighted by Gasteiger charge is 2.11. The van der Waals surface area contributed by atoms with Gasteiger partial charge in [-0.2, -0.15) is 0 Å². The Balaban J connectivity index is 1.25. The summed E-state index contributed by atoms with van der Waals surface area (Å²) in [5.41, 5.74) is 8.90. The molecule has 0 aliphatic rings. The number of fused-ring (bicyclic) bond motifs is 1. The number of hydrogen-bond acceptors (Lipinski definition) is 9. The summed E-state index contributed by atoms with van der Waals surface area (Å²) in [5, 5.41) is 7.30. The molecule has 200 valence electrons. The van der Waals surface area contributed by atoms with Gasteiger partial charge >= 0.3 is 0 Å². The van der Waals surface area contributed by atoms with E-state index in [1.165, 1.54) is 6.33 Å². The van der Waals surface area contributed by atoms with Crippen LogP contribution in [0.2, 0.25) is 0 Å². The number of anilines is 2. The predicted octanol–water partition coefficient (Wildman–Crippen LogP) is 4.63. The minimum absolute atomic E-state index is 0.0129. The van der Waals surface area contributed by atoms with Crippen LogP contribution < -0.4 is 21.1 Å². The maximum absolute atomic E-state index is 11.5. The minimum atomic E-state index is -3.21. The molecule has 9 nitrogen and oxygen atoms in total. The lowest BCUT2D eigenvalue weighted by Crippen LogP contribution is -2.26. The molecular weight excluding hydrogens is 514 g/mol. The van der Waals surface area contributed by atoms with Crippen LogP contribution >= 0.6 is 0 Å². The molecule has 5 aromatic rings. The predicted molar refractivity (Wildman–Crippen MR) is 152 cm³/mol. The summed E-state index contributed by atoms with van der Waals surface area (Å²) in [6, 6.07) is 27.4. The first kappa shape index (κ1) is 26.4. The van der Waals surface area contributed by atoms with E-state index in [0.29, 0.717) is 37.0 Å². The fraction of sp³-hybridized carbons (Fsp3) is 0.172. The van der Waals surface area contributed by atoms with Gasteiger partial charge in [-0.15, -0.1) is 0 Å². The van der Waals surface area contributed by atoms with Crippen LogP contribution in [0.4, 0.5) is 11.5 Å². The van der Waals surface area contributed by atoms with Gasteiger partial charge in [-0.25, -0.2) is 18.4 Å². The van der Waals surface area contributed by atoms with Crippen molar-refractivity contribution in [2.24, 2.45) is 5.73 Å². The van der Waals surface area contributed by atoms with Crippen molar-refractivity contribution >= 4 is 32.2 Å². The number of ether oxygens (including phenoxy) is 1. The SMILES string of the molecule is NCS(=O)(=O)CCNCc1ccc(-c2ccc3ncnc(Nc4ccc(OCc5ccccc5)cc4)c3c2)o1. The van der Waals surface area contributed by atoms with E-state index in [1.807, 2.05) is 84.9 Å². The maximum Gasteiger partial charge on any atom is 0.164 e. The van der Waals surface area contributed by atoms with Gasteiger partial charge in [0.15, 0.2) is 9.84 Å². The molecule has 4 N–H and O–H groups in total. The third-order valence-corrected chi connectivity index (χ3v) is 7.42. The standard InChI is InChI=1S/C29H29N5O4S/c30-19-39(35,36)15-14-31-17-25-11-13-28(38-25)22-6-12-27-26(16-22)29(33-20-32-27)34-23-7-9-24(10-8-23)37-18-21-4-2-1-3-5-21/h1-13,16,20,31H,14-15,17-19,30H2,(H,32,33,34). The van der Waals surface area contributed by atoms with E-state index >= 15 is 0 Å². The van der Waals surface area contributed by atoms with Gasteiger partial charge in [-0.1, -0.05) is 30.3 Å². The van der Waals surface area contributed by atoms with E-state index in [0.717, 1.165) is 33.5 Å². The number of rotatable bonds is 12. The number of benzene rings is 3. The lowest BCUT2D eigenvalue weighted by Gasteiger charge is -2.11. The Labute approximate surface area is 227 Å². The molecule has 10 heteroatoms. The molecule has 0 saturated carbocycles. The molecule has 0 amide bonds. The second-order valence-corrected chi connectivity index (χ2v) is 11.2. The Hall–Kier alpha value is -4.25. The smallest absolute Gasteiger partial charge is 0.164 e. The number of nitrogens with zero attached hydrogens (tertiary/aromatic N) is 2. The average Bonchev–Trinajstić information content (AvgIpc) is 3.45. The lowest BCUT2D eigenvalue weighted by molar-refractivity contribution is 0.306. The second kappa shape index (κ2) is 12.1. The second-order valence-electron chi connectivity index (χ2n) is 8.93. The van der Waals surface area contributed by atoms with Crippen LogP contribution in [-0.2, 0) is 23.0 Å². The summed E-state index contributed by atoms with van der Waals surface area (Å²) < 4.78 is 34.9. The van der Waals surface area contributed by atoms with E-state index in [1.54, 1.807) is 0 Å². The zero-order valence-corrected chi connectivity index (χ0v) is 22.0. The van der Waals surface area contributed by atoms with Crippen molar-refractivity contribution < 1.29 is 17.6 Å². The number of nitrogens with one attached hydrogen (secondary N) is 2. The van der Waals surface area contributed by atoms with Crippen molar-refractivity contribution in [3.63, 3.8) is 0 Å². The monoisotopic (exact) mass is 543 g/mol.